The molecule has 0 aromatic heterocycles. The molecule has 1 saturated carbocycles. The van der Waals surface area contributed by atoms with Gasteiger partial charge in [-0.3, -0.25) is 4.99 Å². The third-order valence-corrected chi connectivity index (χ3v) is 7.73. The number of aliphatic imine (C=N–C) groups is 1. The predicted molar refractivity (Wildman–Crippen MR) is 117 cm³/mol. The summed E-state index contributed by atoms with van der Waals surface area (Å²) in [6.07, 6.45) is 2.30. The van der Waals surface area contributed by atoms with Gasteiger partial charge in [-0.1, -0.05) is 36.4 Å². The number of sulfone groups is 1. The zero-order valence-corrected chi connectivity index (χ0v) is 17.7. The maximum atomic E-state index is 12.4. The van der Waals surface area contributed by atoms with Crippen molar-refractivity contribution < 1.29 is 8.42 Å². The summed E-state index contributed by atoms with van der Waals surface area (Å²) in [5.41, 5.74) is 0. The van der Waals surface area contributed by atoms with Gasteiger partial charge < -0.3 is 10.6 Å². The summed E-state index contributed by atoms with van der Waals surface area (Å²) < 4.78 is 25.0. The molecule has 1 aliphatic rings. The van der Waals surface area contributed by atoms with E-state index in [1.54, 1.807) is 24.3 Å². The van der Waals surface area contributed by atoms with Crippen molar-refractivity contribution in [2.45, 2.75) is 34.3 Å². The molecule has 0 amide bonds. The van der Waals surface area contributed by atoms with Gasteiger partial charge in [0.05, 0.1) is 17.2 Å². The molecule has 2 N–H and O–H groups in total. The summed E-state index contributed by atoms with van der Waals surface area (Å²) in [4.78, 5) is 6.34. The maximum Gasteiger partial charge on any atom is 0.191 e. The normalized spacial score (nSPS) is 15.8. The second kappa shape index (κ2) is 9.47. The van der Waals surface area contributed by atoms with Gasteiger partial charge in [-0.15, -0.1) is 11.8 Å². The first-order valence-electron chi connectivity index (χ1n) is 9.57. The molecule has 0 radical (unpaired) electrons. The summed E-state index contributed by atoms with van der Waals surface area (Å²) in [7, 11) is -3.29. The van der Waals surface area contributed by atoms with Gasteiger partial charge in [-0.05, 0) is 44.0 Å². The largest absolute Gasteiger partial charge is 0.357 e. The van der Waals surface area contributed by atoms with Crippen LogP contribution in [0.1, 0.15) is 19.8 Å². The number of nitrogens with one attached hydrogen (secondary N) is 2. The molecule has 0 atom stereocenters. The Labute approximate surface area is 172 Å². The van der Waals surface area contributed by atoms with Crippen LogP contribution in [0.25, 0.3) is 0 Å². The minimum absolute atomic E-state index is 0.0331. The number of nitrogens with zero attached hydrogens (tertiary/aromatic N) is 1. The molecule has 0 unspecified atom stereocenters. The lowest BCUT2D eigenvalue weighted by molar-refractivity contribution is 0.594. The number of guanidine groups is 1. The van der Waals surface area contributed by atoms with Gasteiger partial charge in [0, 0.05) is 22.7 Å². The van der Waals surface area contributed by atoms with Crippen molar-refractivity contribution in [3.63, 3.8) is 0 Å². The van der Waals surface area contributed by atoms with Crippen LogP contribution in [-0.2, 0) is 9.84 Å². The minimum Gasteiger partial charge on any atom is -0.357 e. The van der Waals surface area contributed by atoms with Gasteiger partial charge in [-0.2, -0.15) is 0 Å². The van der Waals surface area contributed by atoms with Crippen molar-refractivity contribution >= 4 is 27.6 Å². The average molecular weight is 418 g/mol. The van der Waals surface area contributed by atoms with Crippen LogP contribution in [0, 0.1) is 0 Å². The molecule has 5 nitrogen and oxygen atoms in total. The molecular formula is C21H27N3O2S2. The molecule has 0 bridgehead atoms. The molecule has 0 spiro atoms. The number of hydrogen-bond acceptors (Lipinski definition) is 4. The third-order valence-electron chi connectivity index (χ3n) is 4.52. The first-order valence-corrected chi connectivity index (χ1v) is 12.0. The monoisotopic (exact) mass is 417 g/mol. The number of rotatable bonds is 9. The van der Waals surface area contributed by atoms with Crippen molar-refractivity contribution in [1.29, 1.82) is 0 Å². The second-order valence-corrected chi connectivity index (χ2v) is 10.5. The van der Waals surface area contributed by atoms with E-state index in [0.29, 0.717) is 23.9 Å². The molecule has 28 heavy (non-hydrogen) atoms. The smallest absolute Gasteiger partial charge is 0.191 e. The first kappa shape index (κ1) is 20.7. The Morgan fingerprint density at radius 3 is 2.29 bits per heavy atom. The van der Waals surface area contributed by atoms with Crippen LogP contribution >= 0.6 is 11.8 Å². The molecule has 1 fully saturated rings. The van der Waals surface area contributed by atoms with E-state index >= 15 is 0 Å². The Morgan fingerprint density at radius 2 is 1.68 bits per heavy atom. The lowest BCUT2D eigenvalue weighted by atomic mass is 10.4. The molecule has 0 heterocycles. The Balaban J connectivity index is 1.54. The van der Waals surface area contributed by atoms with Gasteiger partial charge in [-0.25, -0.2) is 8.42 Å². The zero-order chi connectivity index (χ0) is 19.9. The zero-order valence-electron chi connectivity index (χ0n) is 16.1. The minimum atomic E-state index is -3.29. The predicted octanol–water partition coefficient (Wildman–Crippen LogP) is 3.34. The van der Waals surface area contributed by atoms with E-state index in [1.807, 2.05) is 30.8 Å². The summed E-state index contributed by atoms with van der Waals surface area (Å²) in [5.74, 6) is 0.705. The van der Waals surface area contributed by atoms with Crippen LogP contribution in [0.15, 0.2) is 75.4 Å². The molecule has 150 valence electrons. The molecule has 2 aromatic rings. The van der Waals surface area contributed by atoms with Crippen molar-refractivity contribution in [3.8, 4) is 0 Å². The van der Waals surface area contributed by atoms with Gasteiger partial charge in [0.1, 0.15) is 0 Å². The standard InChI is InChI=1S/C21H27N3O2S2/c1-2-22-20(23-15-16-28(25,26)19-11-7-4-8-12-19)24-17-21(13-14-21)27-18-9-5-3-6-10-18/h3-12H,2,13-17H2,1H3,(H2,22,23,24). The van der Waals surface area contributed by atoms with Crippen LogP contribution in [0.5, 0.6) is 0 Å². The van der Waals surface area contributed by atoms with E-state index < -0.39 is 9.84 Å². The van der Waals surface area contributed by atoms with Crippen LogP contribution in [0.2, 0.25) is 0 Å². The molecule has 1 aliphatic carbocycles. The maximum absolute atomic E-state index is 12.4. The second-order valence-electron chi connectivity index (χ2n) is 6.85. The van der Waals surface area contributed by atoms with E-state index in [0.717, 1.165) is 19.4 Å². The number of thioether (sulfide) groups is 1. The summed E-state index contributed by atoms with van der Waals surface area (Å²) in [5, 5.41) is 6.37. The van der Waals surface area contributed by atoms with Crippen LogP contribution in [0.3, 0.4) is 0 Å². The number of hydrogen-bond donors (Lipinski definition) is 2. The Kier molecular flexibility index (Phi) is 7.02. The molecule has 7 heteroatoms. The van der Waals surface area contributed by atoms with E-state index in [-0.39, 0.29) is 10.5 Å². The van der Waals surface area contributed by atoms with Crippen molar-refractivity contribution in [1.82, 2.24) is 10.6 Å². The molecule has 2 aromatic carbocycles. The summed E-state index contributed by atoms with van der Waals surface area (Å²) in [6, 6.07) is 19.0. The van der Waals surface area contributed by atoms with E-state index in [2.05, 4.69) is 34.9 Å². The first-order chi connectivity index (χ1) is 13.5. The van der Waals surface area contributed by atoms with Gasteiger partial charge in [0.15, 0.2) is 15.8 Å². The highest BCUT2D eigenvalue weighted by atomic mass is 32.2. The van der Waals surface area contributed by atoms with Crippen LogP contribution in [-0.4, -0.2) is 44.5 Å². The fourth-order valence-corrected chi connectivity index (χ4v) is 5.19. The lowest BCUT2D eigenvalue weighted by Crippen LogP contribution is -2.40. The lowest BCUT2D eigenvalue weighted by Gasteiger charge is -2.15. The topological polar surface area (TPSA) is 70.6 Å². The van der Waals surface area contributed by atoms with E-state index in [1.165, 1.54) is 4.90 Å². The van der Waals surface area contributed by atoms with Gasteiger partial charge >= 0.3 is 0 Å². The van der Waals surface area contributed by atoms with Crippen LogP contribution < -0.4 is 10.6 Å². The van der Waals surface area contributed by atoms with Gasteiger partial charge in [0.2, 0.25) is 0 Å². The fraction of sp³-hybridized carbons (Fsp3) is 0.381. The number of benzene rings is 2. The van der Waals surface area contributed by atoms with E-state index in [9.17, 15) is 8.42 Å². The third kappa shape index (κ3) is 6.01. The van der Waals surface area contributed by atoms with Gasteiger partial charge in [0.25, 0.3) is 0 Å². The van der Waals surface area contributed by atoms with Crippen molar-refractivity contribution in [2.24, 2.45) is 4.99 Å². The highest BCUT2D eigenvalue weighted by Crippen LogP contribution is 2.51. The molecule has 3 rings (SSSR count). The Morgan fingerprint density at radius 1 is 1.04 bits per heavy atom. The average Bonchev–Trinajstić information content (AvgIpc) is 3.47. The quantitative estimate of drug-likeness (QED) is 0.484. The van der Waals surface area contributed by atoms with E-state index in [4.69, 9.17) is 4.99 Å². The van der Waals surface area contributed by atoms with Crippen molar-refractivity contribution in [3.05, 3.63) is 60.7 Å². The summed E-state index contributed by atoms with van der Waals surface area (Å²) in [6.45, 7) is 3.77. The van der Waals surface area contributed by atoms with Crippen LogP contribution in [0.4, 0.5) is 0 Å². The molecular weight excluding hydrogens is 390 g/mol. The Hall–Kier alpha value is -1.99. The highest BCUT2D eigenvalue weighted by Gasteiger charge is 2.43. The Bertz CT molecular complexity index is 880. The fourth-order valence-electron chi connectivity index (χ4n) is 2.78. The van der Waals surface area contributed by atoms with Crippen molar-refractivity contribution in [2.75, 3.05) is 25.4 Å². The molecule has 0 saturated heterocycles. The molecule has 0 aliphatic heterocycles. The highest BCUT2D eigenvalue weighted by molar-refractivity contribution is 8.01. The SMILES string of the molecule is CCNC(=NCC1(Sc2ccccc2)CC1)NCCS(=O)(=O)c1ccccc1. The summed E-state index contributed by atoms with van der Waals surface area (Å²) >= 11 is 1.88.